The molecule has 3 rings (SSSR count). The number of aromatic nitrogens is 2. The van der Waals surface area contributed by atoms with Gasteiger partial charge >= 0.3 is 6.18 Å². The Morgan fingerprint density at radius 1 is 1.41 bits per heavy atom. The van der Waals surface area contributed by atoms with E-state index in [0.29, 0.717) is 23.7 Å². The lowest BCUT2D eigenvalue weighted by Gasteiger charge is -2.14. The Labute approximate surface area is 173 Å². The monoisotopic (exact) mass is 462 g/mol. The Morgan fingerprint density at radius 3 is 2.83 bits per heavy atom. The highest BCUT2D eigenvalue weighted by molar-refractivity contribution is 9.10. The smallest absolute Gasteiger partial charge is 0.320 e. The van der Waals surface area contributed by atoms with Crippen molar-refractivity contribution < 1.29 is 18.0 Å². The van der Waals surface area contributed by atoms with Crippen LogP contribution in [0.4, 0.5) is 18.9 Å². The summed E-state index contributed by atoms with van der Waals surface area (Å²) in [4.78, 5) is 12.8. The van der Waals surface area contributed by atoms with Crippen LogP contribution in [0.25, 0.3) is 11.8 Å². The SMILES string of the molecule is C=Cc1cc(Br)ccc1NC(=O)c1cc(C(F)(F)F)nn1C1=CC(C#N)CC=C1. The van der Waals surface area contributed by atoms with Crippen molar-refractivity contribution in [1.82, 2.24) is 9.78 Å². The number of halogens is 4. The van der Waals surface area contributed by atoms with E-state index in [0.717, 1.165) is 9.15 Å². The number of nitriles is 1. The first kappa shape index (κ1) is 20.6. The van der Waals surface area contributed by atoms with Crippen molar-refractivity contribution in [3.05, 3.63) is 70.5 Å². The van der Waals surface area contributed by atoms with Crippen molar-refractivity contribution in [2.75, 3.05) is 5.32 Å². The van der Waals surface area contributed by atoms with Crippen LogP contribution in [-0.4, -0.2) is 15.7 Å². The van der Waals surface area contributed by atoms with Crippen LogP contribution in [0.5, 0.6) is 0 Å². The van der Waals surface area contributed by atoms with E-state index in [1.165, 1.54) is 18.2 Å². The maximum Gasteiger partial charge on any atom is 0.435 e. The van der Waals surface area contributed by atoms with E-state index in [9.17, 15) is 18.0 Å². The Hall–Kier alpha value is -3.12. The molecule has 1 atom stereocenters. The van der Waals surface area contributed by atoms with Gasteiger partial charge in [0, 0.05) is 16.2 Å². The average molecular weight is 463 g/mol. The summed E-state index contributed by atoms with van der Waals surface area (Å²) in [6.45, 7) is 3.67. The van der Waals surface area contributed by atoms with Gasteiger partial charge in [0.2, 0.25) is 0 Å². The minimum absolute atomic E-state index is 0.225. The quantitative estimate of drug-likeness (QED) is 0.651. The summed E-state index contributed by atoms with van der Waals surface area (Å²) < 4.78 is 41.4. The van der Waals surface area contributed by atoms with Gasteiger partial charge in [0.1, 0.15) is 5.69 Å². The fourth-order valence-electron chi connectivity index (χ4n) is 2.78. The lowest BCUT2D eigenvalue weighted by molar-refractivity contribution is -0.141. The Bertz CT molecular complexity index is 1080. The van der Waals surface area contributed by atoms with Crippen LogP contribution in [0.15, 0.2) is 53.5 Å². The van der Waals surface area contributed by atoms with Crippen molar-refractivity contribution in [2.24, 2.45) is 5.92 Å². The molecule has 0 radical (unpaired) electrons. The van der Waals surface area contributed by atoms with E-state index in [-0.39, 0.29) is 11.4 Å². The molecule has 1 aliphatic carbocycles. The Balaban J connectivity index is 2.04. The summed E-state index contributed by atoms with van der Waals surface area (Å²) in [5.74, 6) is -1.28. The Morgan fingerprint density at radius 2 is 2.17 bits per heavy atom. The van der Waals surface area contributed by atoms with Crippen LogP contribution in [-0.2, 0) is 6.18 Å². The fraction of sp³-hybridized carbons (Fsp3) is 0.150. The summed E-state index contributed by atoms with van der Waals surface area (Å²) in [6, 6.07) is 7.74. The molecule has 2 aromatic rings. The number of allylic oxidation sites excluding steroid dienone is 4. The molecular weight excluding hydrogens is 449 g/mol. The van der Waals surface area contributed by atoms with Crippen LogP contribution in [0, 0.1) is 17.2 Å². The molecule has 0 spiro atoms. The van der Waals surface area contributed by atoms with Gasteiger partial charge in [0.05, 0.1) is 17.7 Å². The average Bonchev–Trinajstić information content (AvgIpc) is 3.15. The molecule has 1 aromatic heterocycles. The van der Waals surface area contributed by atoms with Crippen LogP contribution >= 0.6 is 15.9 Å². The minimum Gasteiger partial charge on any atom is -0.320 e. The predicted octanol–water partition coefficient (Wildman–Crippen LogP) is 5.50. The molecule has 1 N–H and O–H groups in total. The van der Waals surface area contributed by atoms with Gasteiger partial charge in [-0.3, -0.25) is 4.79 Å². The van der Waals surface area contributed by atoms with Gasteiger partial charge in [0.15, 0.2) is 5.69 Å². The van der Waals surface area contributed by atoms with E-state index in [4.69, 9.17) is 5.26 Å². The summed E-state index contributed by atoms with van der Waals surface area (Å²) in [5, 5.41) is 15.3. The maximum atomic E-state index is 13.2. The molecule has 9 heteroatoms. The second-order valence-corrected chi connectivity index (χ2v) is 7.10. The van der Waals surface area contributed by atoms with Crippen molar-refractivity contribution in [3.8, 4) is 6.07 Å². The molecule has 0 bridgehead atoms. The van der Waals surface area contributed by atoms with Crippen LogP contribution < -0.4 is 5.32 Å². The molecule has 5 nitrogen and oxygen atoms in total. The van der Waals surface area contributed by atoms with E-state index >= 15 is 0 Å². The van der Waals surface area contributed by atoms with Gasteiger partial charge in [0.25, 0.3) is 5.91 Å². The van der Waals surface area contributed by atoms with Crippen molar-refractivity contribution in [3.63, 3.8) is 0 Å². The summed E-state index contributed by atoms with van der Waals surface area (Å²) in [5.41, 5.74) is -0.294. The van der Waals surface area contributed by atoms with Gasteiger partial charge in [-0.15, -0.1) is 0 Å². The van der Waals surface area contributed by atoms with E-state index in [1.54, 1.807) is 24.3 Å². The number of benzene rings is 1. The van der Waals surface area contributed by atoms with Crippen molar-refractivity contribution in [1.29, 1.82) is 5.26 Å². The van der Waals surface area contributed by atoms with Gasteiger partial charge in [-0.1, -0.05) is 34.7 Å². The minimum atomic E-state index is -4.72. The molecular formula is C20H14BrF3N4O. The Kier molecular flexibility index (Phi) is 5.75. The van der Waals surface area contributed by atoms with Crippen LogP contribution in [0.1, 0.15) is 28.2 Å². The molecule has 1 heterocycles. The number of carbonyl (C=O) groups is 1. The molecule has 0 aliphatic heterocycles. The maximum absolute atomic E-state index is 13.2. The number of anilines is 1. The second kappa shape index (κ2) is 8.09. The van der Waals surface area contributed by atoms with Gasteiger partial charge in [-0.05, 0) is 42.3 Å². The first-order valence-corrected chi connectivity index (χ1v) is 9.21. The zero-order valence-electron chi connectivity index (χ0n) is 14.9. The molecule has 1 amide bonds. The van der Waals surface area contributed by atoms with Gasteiger partial charge in [-0.25, -0.2) is 4.68 Å². The molecule has 148 valence electrons. The number of nitrogens with one attached hydrogen (secondary N) is 1. The van der Waals surface area contributed by atoms with Crippen LogP contribution in [0.3, 0.4) is 0 Å². The van der Waals surface area contributed by atoms with E-state index in [2.05, 4.69) is 32.9 Å². The number of alkyl halides is 3. The van der Waals surface area contributed by atoms with Crippen molar-refractivity contribution >= 4 is 39.3 Å². The third-order valence-corrected chi connectivity index (χ3v) is 4.67. The standard InChI is InChI=1S/C20H14BrF3N4O/c1-2-13-9-14(21)6-7-16(13)26-19(29)17-10-18(20(22,23)24)27-28(17)15-5-3-4-12(8-15)11-25/h2-3,5-10,12H,1,4H2,(H,26,29). The highest BCUT2D eigenvalue weighted by Crippen LogP contribution is 2.31. The van der Waals surface area contributed by atoms with Gasteiger partial charge < -0.3 is 5.32 Å². The number of hydrogen-bond donors (Lipinski definition) is 1. The fourth-order valence-corrected chi connectivity index (χ4v) is 3.16. The highest BCUT2D eigenvalue weighted by Gasteiger charge is 2.36. The van der Waals surface area contributed by atoms with E-state index < -0.39 is 23.7 Å². The van der Waals surface area contributed by atoms with E-state index in [1.807, 2.05) is 6.07 Å². The topological polar surface area (TPSA) is 70.7 Å². The molecule has 29 heavy (non-hydrogen) atoms. The zero-order chi connectivity index (χ0) is 21.2. The predicted molar refractivity (Wildman–Crippen MR) is 107 cm³/mol. The number of hydrogen-bond acceptors (Lipinski definition) is 3. The molecule has 1 aliphatic rings. The van der Waals surface area contributed by atoms with Crippen LogP contribution in [0.2, 0.25) is 0 Å². The largest absolute Gasteiger partial charge is 0.435 e. The lowest BCUT2D eigenvalue weighted by Crippen LogP contribution is -2.18. The first-order valence-electron chi connectivity index (χ1n) is 8.42. The lowest BCUT2D eigenvalue weighted by atomic mass is 10.0. The number of nitrogens with zero attached hydrogens (tertiary/aromatic N) is 3. The number of rotatable bonds is 4. The molecule has 0 saturated carbocycles. The molecule has 1 aromatic carbocycles. The van der Waals surface area contributed by atoms with Gasteiger partial charge in [-0.2, -0.15) is 23.5 Å². The second-order valence-electron chi connectivity index (χ2n) is 6.18. The summed E-state index contributed by atoms with van der Waals surface area (Å²) in [6.07, 6.45) is 1.91. The third kappa shape index (κ3) is 4.49. The molecule has 1 unspecified atom stereocenters. The summed E-state index contributed by atoms with van der Waals surface area (Å²) >= 11 is 3.31. The zero-order valence-corrected chi connectivity index (χ0v) is 16.5. The highest BCUT2D eigenvalue weighted by atomic mass is 79.9. The molecule has 0 fully saturated rings. The molecule has 0 saturated heterocycles. The third-order valence-electron chi connectivity index (χ3n) is 4.18. The normalized spacial score (nSPS) is 16.1. The number of carbonyl (C=O) groups excluding carboxylic acids is 1. The first-order chi connectivity index (χ1) is 13.7. The number of amides is 1. The van der Waals surface area contributed by atoms with Crippen molar-refractivity contribution in [2.45, 2.75) is 12.6 Å². The summed E-state index contributed by atoms with van der Waals surface area (Å²) in [7, 11) is 0.